The summed E-state index contributed by atoms with van der Waals surface area (Å²) >= 11 is 0. The number of carbonyl (C=O) groups excluding carboxylic acids is 1. The molecule has 0 aromatic carbocycles. The summed E-state index contributed by atoms with van der Waals surface area (Å²) in [6, 6.07) is 0.276. The van der Waals surface area contributed by atoms with Crippen molar-refractivity contribution in [2.45, 2.75) is 77.4 Å². The second-order valence-corrected chi connectivity index (χ2v) is 7.46. The lowest BCUT2D eigenvalue weighted by atomic mass is 9.74. The van der Waals surface area contributed by atoms with Gasteiger partial charge in [0.1, 0.15) is 5.60 Å². The van der Waals surface area contributed by atoms with Crippen LogP contribution in [0.2, 0.25) is 0 Å². The molecule has 0 radical (unpaired) electrons. The van der Waals surface area contributed by atoms with Gasteiger partial charge in [0, 0.05) is 18.0 Å². The number of nitrogens with two attached hydrogens (primary N) is 1. The van der Waals surface area contributed by atoms with E-state index in [0.717, 1.165) is 32.2 Å². The number of nitrogens with zero attached hydrogens (tertiary/aromatic N) is 1. The minimum Gasteiger partial charge on any atom is -0.444 e. The highest BCUT2D eigenvalue weighted by Crippen LogP contribution is 2.45. The molecule has 2 rings (SSSR count). The van der Waals surface area contributed by atoms with E-state index in [1.807, 2.05) is 25.7 Å². The van der Waals surface area contributed by atoms with Gasteiger partial charge >= 0.3 is 6.09 Å². The van der Waals surface area contributed by atoms with Crippen LogP contribution in [0.4, 0.5) is 4.79 Å². The molecule has 20 heavy (non-hydrogen) atoms. The highest BCUT2D eigenvalue weighted by atomic mass is 16.6. The van der Waals surface area contributed by atoms with E-state index in [2.05, 4.69) is 0 Å². The van der Waals surface area contributed by atoms with Crippen LogP contribution < -0.4 is 5.73 Å². The zero-order valence-corrected chi connectivity index (χ0v) is 13.3. The Morgan fingerprint density at radius 2 is 1.90 bits per heavy atom. The van der Waals surface area contributed by atoms with Gasteiger partial charge in [-0.25, -0.2) is 4.79 Å². The molecule has 0 aromatic rings. The van der Waals surface area contributed by atoms with Gasteiger partial charge in [-0.1, -0.05) is 12.8 Å². The molecule has 4 nitrogen and oxygen atoms in total. The fourth-order valence-electron chi connectivity index (χ4n) is 3.86. The Morgan fingerprint density at radius 1 is 1.25 bits per heavy atom. The Bertz CT molecular complexity index is 343. The number of piperidine rings is 1. The monoisotopic (exact) mass is 282 g/mol. The van der Waals surface area contributed by atoms with Crippen LogP contribution in [0, 0.1) is 5.41 Å². The van der Waals surface area contributed by atoms with Crippen molar-refractivity contribution in [2.75, 3.05) is 13.1 Å². The van der Waals surface area contributed by atoms with Crippen LogP contribution in [0.15, 0.2) is 0 Å². The first-order valence-corrected chi connectivity index (χ1v) is 8.08. The van der Waals surface area contributed by atoms with Crippen molar-refractivity contribution in [1.82, 2.24) is 4.90 Å². The summed E-state index contributed by atoms with van der Waals surface area (Å²) in [7, 11) is 0. The van der Waals surface area contributed by atoms with E-state index in [4.69, 9.17) is 10.5 Å². The van der Waals surface area contributed by atoms with E-state index in [-0.39, 0.29) is 17.6 Å². The first-order valence-electron chi connectivity index (χ1n) is 8.08. The van der Waals surface area contributed by atoms with Gasteiger partial charge in [0.25, 0.3) is 0 Å². The summed E-state index contributed by atoms with van der Waals surface area (Å²) in [6.07, 6.45) is 8.02. The van der Waals surface area contributed by atoms with Gasteiger partial charge in [-0.15, -0.1) is 0 Å². The molecule has 1 saturated heterocycles. The second-order valence-electron chi connectivity index (χ2n) is 7.46. The number of rotatable bonds is 2. The van der Waals surface area contributed by atoms with Crippen molar-refractivity contribution in [3.8, 4) is 0 Å². The smallest absolute Gasteiger partial charge is 0.410 e. The number of hydrogen-bond acceptors (Lipinski definition) is 3. The normalized spacial score (nSPS) is 26.6. The highest BCUT2D eigenvalue weighted by molar-refractivity contribution is 5.68. The van der Waals surface area contributed by atoms with Crippen molar-refractivity contribution >= 4 is 6.09 Å². The van der Waals surface area contributed by atoms with E-state index in [1.165, 1.54) is 19.3 Å². The molecule has 0 spiro atoms. The van der Waals surface area contributed by atoms with Crippen LogP contribution in [-0.2, 0) is 4.74 Å². The van der Waals surface area contributed by atoms with Crippen molar-refractivity contribution in [1.29, 1.82) is 0 Å². The Hall–Kier alpha value is -0.770. The van der Waals surface area contributed by atoms with Crippen molar-refractivity contribution < 1.29 is 9.53 Å². The van der Waals surface area contributed by atoms with Crippen LogP contribution >= 0.6 is 0 Å². The molecule has 2 fully saturated rings. The summed E-state index contributed by atoms with van der Waals surface area (Å²) in [6.45, 7) is 7.30. The third-order valence-electron chi connectivity index (χ3n) is 4.84. The van der Waals surface area contributed by atoms with Gasteiger partial charge in [0.05, 0.1) is 0 Å². The molecule has 1 aliphatic heterocycles. The largest absolute Gasteiger partial charge is 0.444 e. The van der Waals surface area contributed by atoms with Crippen molar-refractivity contribution in [2.24, 2.45) is 11.1 Å². The molecule has 1 amide bonds. The van der Waals surface area contributed by atoms with Crippen molar-refractivity contribution in [3.05, 3.63) is 0 Å². The molecule has 1 heterocycles. The first-order chi connectivity index (χ1) is 9.38. The number of ether oxygens (including phenoxy) is 1. The standard InChI is InChI=1S/C16H30N2O2/c1-15(2,3)20-14(19)18-11-7-4-8-13(18)16(12-17)9-5-6-10-16/h13H,4-12,17H2,1-3H3. The van der Waals surface area contributed by atoms with Crippen LogP contribution in [0.3, 0.4) is 0 Å². The molecule has 2 N–H and O–H groups in total. The van der Waals surface area contributed by atoms with E-state index in [0.29, 0.717) is 6.54 Å². The van der Waals surface area contributed by atoms with Crippen molar-refractivity contribution in [3.63, 3.8) is 0 Å². The average molecular weight is 282 g/mol. The van der Waals surface area contributed by atoms with Crippen LogP contribution in [0.1, 0.15) is 65.7 Å². The summed E-state index contributed by atoms with van der Waals surface area (Å²) in [5, 5.41) is 0. The predicted molar refractivity (Wildman–Crippen MR) is 80.5 cm³/mol. The van der Waals surface area contributed by atoms with Gasteiger partial charge in [0.2, 0.25) is 0 Å². The molecular weight excluding hydrogens is 252 g/mol. The molecule has 116 valence electrons. The maximum atomic E-state index is 12.5. The Morgan fingerprint density at radius 3 is 2.45 bits per heavy atom. The van der Waals surface area contributed by atoms with Crippen LogP contribution in [0.5, 0.6) is 0 Å². The average Bonchev–Trinajstić information content (AvgIpc) is 2.86. The Kier molecular flexibility index (Phi) is 4.62. The molecule has 0 bridgehead atoms. The molecule has 1 atom stereocenters. The third-order valence-corrected chi connectivity index (χ3v) is 4.84. The summed E-state index contributed by atoms with van der Waals surface area (Å²) < 4.78 is 5.60. The van der Waals surface area contributed by atoms with Crippen LogP contribution in [-0.4, -0.2) is 35.7 Å². The van der Waals surface area contributed by atoms with E-state index < -0.39 is 5.60 Å². The first kappa shape index (κ1) is 15.6. The SMILES string of the molecule is CC(C)(C)OC(=O)N1CCCCC1C1(CN)CCCC1. The van der Waals surface area contributed by atoms with E-state index >= 15 is 0 Å². The number of carbonyl (C=O) groups is 1. The molecule has 1 saturated carbocycles. The molecule has 2 aliphatic rings. The Balaban J connectivity index is 2.14. The summed E-state index contributed by atoms with van der Waals surface area (Å²) in [4.78, 5) is 14.5. The third kappa shape index (κ3) is 3.27. The minimum atomic E-state index is -0.426. The fourth-order valence-corrected chi connectivity index (χ4v) is 3.86. The highest BCUT2D eigenvalue weighted by Gasteiger charge is 2.46. The molecule has 1 aliphatic carbocycles. The van der Waals surface area contributed by atoms with E-state index in [9.17, 15) is 4.79 Å². The maximum absolute atomic E-state index is 12.5. The zero-order chi connectivity index (χ0) is 14.8. The number of amides is 1. The zero-order valence-electron chi connectivity index (χ0n) is 13.3. The van der Waals surface area contributed by atoms with Gasteiger partial charge in [-0.3, -0.25) is 0 Å². The molecule has 1 unspecified atom stereocenters. The fraction of sp³-hybridized carbons (Fsp3) is 0.938. The summed E-state index contributed by atoms with van der Waals surface area (Å²) in [5.74, 6) is 0. The molecule has 0 aromatic heterocycles. The maximum Gasteiger partial charge on any atom is 0.410 e. The lowest BCUT2D eigenvalue weighted by Crippen LogP contribution is -2.55. The number of likely N-dealkylation sites (tertiary alicyclic amines) is 1. The molecular formula is C16H30N2O2. The summed E-state index contributed by atoms with van der Waals surface area (Å²) in [5.41, 5.74) is 5.82. The lowest BCUT2D eigenvalue weighted by Gasteiger charge is -2.46. The quantitative estimate of drug-likeness (QED) is 0.845. The second kappa shape index (κ2) is 5.92. The van der Waals surface area contributed by atoms with Gasteiger partial charge in [-0.05, 0) is 59.4 Å². The van der Waals surface area contributed by atoms with Gasteiger partial charge < -0.3 is 15.4 Å². The predicted octanol–water partition coefficient (Wildman–Crippen LogP) is 3.30. The molecule has 4 heteroatoms. The topological polar surface area (TPSA) is 55.6 Å². The van der Waals surface area contributed by atoms with Gasteiger partial charge in [0.15, 0.2) is 0 Å². The van der Waals surface area contributed by atoms with Gasteiger partial charge in [-0.2, -0.15) is 0 Å². The Labute approximate surface area is 123 Å². The van der Waals surface area contributed by atoms with E-state index in [1.54, 1.807) is 0 Å². The minimum absolute atomic E-state index is 0.136. The number of hydrogen-bond donors (Lipinski definition) is 1. The van der Waals surface area contributed by atoms with Crippen LogP contribution in [0.25, 0.3) is 0 Å². The lowest BCUT2D eigenvalue weighted by molar-refractivity contribution is -0.0140.